The third-order valence-corrected chi connectivity index (χ3v) is 15.0. The first-order chi connectivity index (χ1) is 18.6. The Balaban J connectivity index is 1.75. The van der Waals surface area contributed by atoms with E-state index in [1.807, 2.05) is 37.3 Å². The maximum absolute atomic E-state index is 13.2. The van der Waals surface area contributed by atoms with Crippen LogP contribution in [0, 0.1) is 6.92 Å². The zero-order valence-corrected chi connectivity index (χ0v) is 25.2. The summed E-state index contributed by atoms with van der Waals surface area (Å²) in [6.07, 6.45) is 3.01. The summed E-state index contributed by atoms with van der Waals surface area (Å²) in [4.78, 5) is 0.291. The van der Waals surface area contributed by atoms with Gasteiger partial charge in [-0.2, -0.15) is 0 Å². The molecule has 0 bridgehead atoms. The van der Waals surface area contributed by atoms with Crippen molar-refractivity contribution in [1.29, 1.82) is 0 Å². The zero-order valence-electron chi connectivity index (χ0n) is 23.4. The lowest BCUT2D eigenvalue weighted by atomic mass is 10.1. The lowest BCUT2D eigenvalue weighted by molar-refractivity contribution is 0.584. The maximum Gasteiger partial charge on any atom is 0.240 e. The molecule has 0 atom stereocenters. The van der Waals surface area contributed by atoms with Gasteiger partial charge in [-0.15, -0.1) is 0 Å². The summed E-state index contributed by atoms with van der Waals surface area (Å²) < 4.78 is 29.2. The summed E-state index contributed by atoms with van der Waals surface area (Å²) in [7, 11) is -5.96. The summed E-state index contributed by atoms with van der Waals surface area (Å²) in [5.74, 6) is 0. The minimum Gasteiger partial charge on any atom is -0.207 e. The molecule has 0 unspecified atom stereocenters. The van der Waals surface area contributed by atoms with Crippen LogP contribution in [-0.4, -0.2) is 23.0 Å². The summed E-state index contributed by atoms with van der Waals surface area (Å²) in [6, 6.07) is 39.9. The highest BCUT2D eigenvalue weighted by molar-refractivity contribution is 7.89. The third kappa shape index (κ3) is 6.85. The molecule has 4 aromatic rings. The van der Waals surface area contributed by atoms with Crippen molar-refractivity contribution in [2.45, 2.75) is 50.1 Å². The van der Waals surface area contributed by atoms with Crippen LogP contribution < -0.4 is 15.1 Å². The van der Waals surface area contributed by atoms with Crippen LogP contribution in [0.15, 0.2) is 132 Å². The van der Waals surface area contributed by atoms with Crippen molar-refractivity contribution in [3.8, 4) is 0 Å². The van der Waals surface area contributed by atoms with Gasteiger partial charge in [0.15, 0.2) is 0 Å². The van der Waals surface area contributed by atoms with E-state index in [4.69, 9.17) is 0 Å². The van der Waals surface area contributed by atoms with E-state index >= 15 is 0 Å². The SMILES string of the molecule is Cc1ccc(S(=O)(=O)NC/C(=C/C[Si](c2ccccc2)(c2ccccc2)C(C)(C)C)Cc2ccccc2)cc1. The largest absolute Gasteiger partial charge is 0.240 e. The lowest BCUT2D eigenvalue weighted by Gasteiger charge is -2.44. The average Bonchev–Trinajstić information content (AvgIpc) is 2.93. The Morgan fingerprint density at radius 3 is 1.72 bits per heavy atom. The second-order valence-corrected chi connectivity index (χ2v) is 17.9. The van der Waals surface area contributed by atoms with Crippen molar-refractivity contribution in [3.05, 3.63) is 138 Å². The van der Waals surface area contributed by atoms with Crippen LogP contribution in [0.5, 0.6) is 0 Å². The molecule has 3 nitrogen and oxygen atoms in total. The predicted molar refractivity (Wildman–Crippen MR) is 167 cm³/mol. The molecule has 4 aromatic carbocycles. The molecule has 0 radical (unpaired) electrons. The van der Waals surface area contributed by atoms with E-state index in [0.29, 0.717) is 11.3 Å². The Labute approximate surface area is 235 Å². The van der Waals surface area contributed by atoms with E-state index in [1.54, 1.807) is 12.1 Å². The van der Waals surface area contributed by atoms with E-state index in [0.717, 1.165) is 17.2 Å². The maximum atomic E-state index is 13.2. The lowest BCUT2D eigenvalue weighted by Crippen LogP contribution is -2.63. The normalized spacial score (nSPS) is 12.9. The zero-order chi connectivity index (χ0) is 27.9. The minimum atomic E-state index is -3.63. The molecule has 0 heterocycles. The number of nitrogens with one attached hydrogen (secondary N) is 1. The highest BCUT2D eigenvalue weighted by Crippen LogP contribution is 2.39. The molecule has 0 saturated heterocycles. The van der Waals surface area contributed by atoms with Crippen LogP contribution >= 0.6 is 0 Å². The molecule has 0 fully saturated rings. The fraction of sp³-hybridized carbons (Fsp3) is 0.235. The van der Waals surface area contributed by atoms with Gasteiger partial charge < -0.3 is 0 Å². The molecular weight excluding hydrogens is 515 g/mol. The molecular formula is C34H39NO2SSi. The number of rotatable bonds is 10. The van der Waals surface area contributed by atoms with Crippen molar-refractivity contribution < 1.29 is 8.42 Å². The van der Waals surface area contributed by atoms with Gasteiger partial charge in [-0.3, -0.25) is 0 Å². The standard InChI is InChI=1S/C34H39NO2SSi/c1-28-20-22-31(23-21-28)38(36,37)35-27-30(26-29-14-8-5-9-15-29)24-25-39(34(2,3)4,32-16-10-6-11-17-32)33-18-12-7-13-19-33/h5-24,35H,25-27H2,1-4H3/b30-24+. The fourth-order valence-corrected chi connectivity index (χ4v) is 11.7. The molecule has 5 heteroatoms. The Bertz CT molecular complexity index is 1440. The van der Waals surface area contributed by atoms with Crippen molar-refractivity contribution in [1.82, 2.24) is 4.72 Å². The van der Waals surface area contributed by atoms with Gasteiger partial charge in [0.2, 0.25) is 10.0 Å². The number of hydrogen-bond donors (Lipinski definition) is 1. The summed E-state index contributed by atoms with van der Waals surface area (Å²) in [6.45, 7) is 9.27. The predicted octanol–water partition coefficient (Wildman–Crippen LogP) is 6.51. The van der Waals surface area contributed by atoms with Crippen molar-refractivity contribution in [2.24, 2.45) is 0 Å². The number of allylic oxidation sites excluding steroid dienone is 1. The topological polar surface area (TPSA) is 46.2 Å². The molecule has 0 aliphatic carbocycles. The molecule has 1 N–H and O–H groups in total. The third-order valence-electron chi connectivity index (χ3n) is 7.60. The van der Waals surface area contributed by atoms with Gasteiger partial charge in [-0.05, 0) is 42.1 Å². The van der Waals surface area contributed by atoms with Crippen LogP contribution in [0.2, 0.25) is 11.1 Å². The van der Waals surface area contributed by atoms with Gasteiger partial charge in [0.1, 0.15) is 8.07 Å². The molecule has 0 saturated carbocycles. The second kappa shape index (κ2) is 12.3. The average molecular weight is 554 g/mol. The van der Waals surface area contributed by atoms with Crippen LogP contribution in [0.25, 0.3) is 0 Å². The van der Waals surface area contributed by atoms with E-state index in [-0.39, 0.29) is 11.6 Å². The summed E-state index contributed by atoms with van der Waals surface area (Å²) in [5.41, 5.74) is 3.27. The van der Waals surface area contributed by atoms with Crippen LogP contribution in [0.3, 0.4) is 0 Å². The Morgan fingerprint density at radius 1 is 0.744 bits per heavy atom. The molecule has 0 aliphatic rings. The Morgan fingerprint density at radius 2 is 1.23 bits per heavy atom. The molecule has 0 spiro atoms. The van der Waals surface area contributed by atoms with Crippen LogP contribution in [-0.2, 0) is 16.4 Å². The van der Waals surface area contributed by atoms with Gasteiger partial charge in [-0.1, -0.05) is 151 Å². The fourth-order valence-electron chi connectivity index (χ4n) is 5.37. The Hall–Kier alpha value is -3.25. The number of sulfonamides is 1. The van der Waals surface area contributed by atoms with Gasteiger partial charge in [0.05, 0.1) is 4.90 Å². The number of benzene rings is 4. The molecule has 0 aromatic heterocycles. The first-order valence-electron chi connectivity index (χ1n) is 13.5. The Kier molecular flexibility index (Phi) is 9.06. The summed E-state index contributed by atoms with van der Waals surface area (Å²) in [5, 5.41) is 2.80. The second-order valence-electron chi connectivity index (χ2n) is 11.3. The van der Waals surface area contributed by atoms with E-state index in [9.17, 15) is 8.42 Å². The molecule has 4 rings (SSSR count). The minimum absolute atomic E-state index is 0.0193. The van der Waals surface area contributed by atoms with Crippen molar-refractivity contribution >= 4 is 28.5 Å². The summed E-state index contributed by atoms with van der Waals surface area (Å²) >= 11 is 0. The molecule has 202 valence electrons. The van der Waals surface area contributed by atoms with Crippen LogP contribution in [0.4, 0.5) is 0 Å². The quantitative estimate of drug-likeness (QED) is 0.180. The molecule has 0 aliphatic heterocycles. The smallest absolute Gasteiger partial charge is 0.207 e. The molecule has 39 heavy (non-hydrogen) atoms. The van der Waals surface area contributed by atoms with Crippen molar-refractivity contribution in [2.75, 3.05) is 6.54 Å². The monoisotopic (exact) mass is 553 g/mol. The number of hydrogen-bond acceptors (Lipinski definition) is 2. The van der Waals surface area contributed by atoms with E-state index < -0.39 is 18.1 Å². The van der Waals surface area contributed by atoms with Crippen molar-refractivity contribution in [3.63, 3.8) is 0 Å². The van der Waals surface area contributed by atoms with Gasteiger partial charge >= 0.3 is 0 Å². The van der Waals surface area contributed by atoms with E-state index in [1.165, 1.54) is 15.9 Å². The highest BCUT2D eigenvalue weighted by atomic mass is 32.2. The van der Waals surface area contributed by atoms with Crippen LogP contribution in [0.1, 0.15) is 31.9 Å². The first kappa shape index (κ1) is 28.7. The van der Waals surface area contributed by atoms with E-state index in [2.05, 4.69) is 104 Å². The van der Waals surface area contributed by atoms with Gasteiger partial charge in [0.25, 0.3) is 0 Å². The van der Waals surface area contributed by atoms with Gasteiger partial charge in [0, 0.05) is 6.54 Å². The van der Waals surface area contributed by atoms with Gasteiger partial charge in [-0.25, -0.2) is 13.1 Å². The number of aryl methyl sites for hydroxylation is 1. The molecule has 0 amide bonds. The highest BCUT2D eigenvalue weighted by Gasteiger charge is 2.46. The first-order valence-corrected chi connectivity index (χ1v) is 17.2.